The maximum absolute atomic E-state index is 13.6. The first-order valence-corrected chi connectivity index (χ1v) is 9.16. The van der Waals surface area contributed by atoms with Crippen LogP contribution in [0.2, 0.25) is 0 Å². The number of hydrogen-bond acceptors (Lipinski definition) is 5. The van der Waals surface area contributed by atoms with Gasteiger partial charge < -0.3 is 0 Å². The minimum atomic E-state index is -6.94. The van der Waals surface area contributed by atoms with Gasteiger partial charge in [0.1, 0.15) is 0 Å². The first kappa shape index (κ1) is 21.0. The molecule has 0 unspecified atom stereocenters. The highest BCUT2D eigenvalue weighted by atomic mass is 32.3. The molecule has 15 heteroatoms. The number of rotatable bonds is 6. The number of alkyl halides is 7. The first-order valence-electron chi connectivity index (χ1n) is 5.37. The summed E-state index contributed by atoms with van der Waals surface area (Å²) in [6, 6.07) is 5.44. The summed E-state index contributed by atoms with van der Waals surface area (Å²) < 4.78 is 133. The monoisotopic (exact) mass is 421 g/mol. The summed E-state index contributed by atoms with van der Waals surface area (Å²) in [5, 5.41) is -11.6. The van der Waals surface area contributed by atoms with Gasteiger partial charge in [0.2, 0.25) is 0 Å². The molecule has 0 aromatic heterocycles. The number of thioether (sulfide) groups is 1. The zero-order valence-corrected chi connectivity index (χ0v) is 13.3. The van der Waals surface area contributed by atoms with Crippen molar-refractivity contribution < 1.29 is 47.6 Å². The number of hydrogen-bond donors (Lipinski definition) is 1. The summed E-state index contributed by atoms with van der Waals surface area (Å²) in [6.45, 7) is 0. The van der Waals surface area contributed by atoms with Crippen LogP contribution >= 0.6 is 11.8 Å². The van der Waals surface area contributed by atoms with Crippen molar-refractivity contribution in [2.45, 2.75) is 20.9 Å². The molecule has 1 aromatic carbocycles. The van der Waals surface area contributed by atoms with E-state index < -0.39 is 56.8 Å². The zero-order chi connectivity index (χ0) is 19.0. The Bertz CT molecular complexity index is 790. The van der Waals surface area contributed by atoms with Crippen LogP contribution in [-0.4, -0.2) is 32.9 Å². The average Bonchev–Trinajstić information content (AvgIpc) is 2.36. The molecule has 24 heavy (non-hydrogen) atoms. The largest absolute Gasteiger partial charge is 0.512 e. The highest BCUT2D eigenvalue weighted by molar-refractivity contribution is 8.07. The Morgan fingerprint density at radius 2 is 1.25 bits per heavy atom. The van der Waals surface area contributed by atoms with Crippen LogP contribution in [0.15, 0.2) is 35.2 Å². The fourth-order valence-corrected chi connectivity index (χ4v) is 4.52. The normalized spacial score (nSPS) is 14.6. The van der Waals surface area contributed by atoms with E-state index in [2.05, 4.69) is 0 Å². The van der Waals surface area contributed by atoms with Crippen LogP contribution in [0.1, 0.15) is 0 Å². The van der Waals surface area contributed by atoms with Gasteiger partial charge >= 0.3 is 26.0 Å². The molecule has 1 aromatic rings. The quantitative estimate of drug-likeness (QED) is 0.565. The molecule has 0 radical (unpaired) electrons. The molecule has 0 amide bonds. The van der Waals surface area contributed by atoms with E-state index in [1.165, 1.54) is 6.07 Å². The second kappa shape index (κ2) is 6.34. The minimum absolute atomic E-state index is 0.419. The Kier molecular flexibility index (Phi) is 5.55. The molecule has 1 N–H and O–H groups in total. The lowest BCUT2D eigenvalue weighted by molar-refractivity contribution is -0.0906. The lowest BCUT2D eigenvalue weighted by atomic mass is 10.4. The van der Waals surface area contributed by atoms with Crippen molar-refractivity contribution in [2.24, 2.45) is 0 Å². The number of benzene rings is 1. The highest BCUT2D eigenvalue weighted by Gasteiger charge is 2.68. The van der Waals surface area contributed by atoms with Gasteiger partial charge in [-0.05, 0) is 23.9 Å². The molecule has 0 heterocycles. The van der Waals surface area contributed by atoms with E-state index >= 15 is 0 Å². The van der Waals surface area contributed by atoms with E-state index in [0.717, 1.165) is 24.3 Å². The van der Waals surface area contributed by atoms with Gasteiger partial charge in [-0.25, -0.2) is 16.8 Å². The molecule has 0 aliphatic rings. The summed E-state index contributed by atoms with van der Waals surface area (Å²) in [7, 11) is -13.8. The summed E-state index contributed by atoms with van der Waals surface area (Å²) in [4.78, 5) is -0.531. The van der Waals surface area contributed by atoms with E-state index in [1.807, 2.05) is 0 Å². The van der Waals surface area contributed by atoms with Crippen molar-refractivity contribution in [3.63, 3.8) is 0 Å². The van der Waals surface area contributed by atoms with Crippen molar-refractivity contribution in [2.75, 3.05) is 0 Å². The molecular formula is C9H6F7NO4S3. The number of sulfonamides is 2. The average molecular weight is 421 g/mol. The van der Waals surface area contributed by atoms with Crippen LogP contribution in [0.3, 0.4) is 0 Å². The van der Waals surface area contributed by atoms with E-state index in [0.29, 0.717) is 0 Å². The maximum atomic E-state index is 13.6. The van der Waals surface area contributed by atoms with Crippen molar-refractivity contribution >= 4 is 31.8 Å². The minimum Gasteiger partial charge on any atom is -0.205 e. The zero-order valence-electron chi connectivity index (χ0n) is 10.9. The van der Waals surface area contributed by atoms with Crippen LogP contribution in [0, 0.1) is 0 Å². The topological polar surface area (TPSA) is 80.3 Å². The summed E-state index contributed by atoms with van der Waals surface area (Å²) >= 11 is -0.965. The van der Waals surface area contributed by atoms with Gasteiger partial charge in [-0.3, -0.25) is 0 Å². The molecule has 0 atom stereocenters. The maximum Gasteiger partial charge on any atom is 0.512 e. The summed E-state index contributed by atoms with van der Waals surface area (Å²) in [5.74, 6) is 0. The van der Waals surface area contributed by atoms with Crippen molar-refractivity contribution in [1.29, 1.82) is 0 Å². The third-order valence-corrected chi connectivity index (χ3v) is 6.64. The fraction of sp³-hybridized carbons (Fsp3) is 0.333. The molecule has 0 saturated carbocycles. The molecule has 0 aliphatic heterocycles. The molecule has 0 bridgehead atoms. The smallest absolute Gasteiger partial charge is 0.205 e. The summed E-state index contributed by atoms with van der Waals surface area (Å²) in [5.41, 5.74) is -6.29. The van der Waals surface area contributed by atoms with E-state index in [-0.39, 0.29) is 0 Å². The number of halogens is 7. The van der Waals surface area contributed by atoms with Crippen LogP contribution in [0.4, 0.5) is 30.7 Å². The van der Waals surface area contributed by atoms with Gasteiger partial charge in [0, 0.05) is 4.90 Å². The molecular weight excluding hydrogens is 415 g/mol. The third-order valence-electron chi connectivity index (χ3n) is 2.19. The van der Waals surface area contributed by atoms with Gasteiger partial charge in [0.25, 0.3) is 10.0 Å². The van der Waals surface area contributed by atoms with E-state index in [9.17, 15) is 47.6 Å². The third kappa shape index (κ3) is 4.12. The number of nitrogens with one attached hydrogen (secondary N) is 1. The Balaban J connectivity index is 3.21. The van der Waals surface area contributed by atoms with E-state index in [4.69, 9.17) is 0 Å². The fourth-order valence-electron chi connectivity index (χ4n) is 1.10. The first-order chi connectivity index (χ1) is 10.5. The van der Waals surface area contributed by atoms with Crippen LogP contribution in [-0.2, 0) is 20.0 Å². The second-order valence-corrected chi connectivity index (χ2v) is 8.83. The van der Waals surface area contributed by atoms with Crippen molar-refractivity contribution in [3.05, 3.63) is 30.3 Å². The molecule has 0 aliphatic carbocycles. The van der Waals surface area contributed by atoms with Gasteiger partial charge in [0.05, 0.1) is 0 Å². The molecule has 0 fully saturated rings. The van der Waals surface area contributed by atoms with Crippen LogP contribution in [0.25, 0.3) is 0 Å². The highest BCUT2D eigenvalue weighted by Crippen LogP contribution is 2.49. The molecule has 5 nitrogen and oxygen atoms in total. The molecule has 138 valence electrons. The molecule has 0 saturated heterocycles. The van der Waals surface area contributed by atoms with Crippen LogP contribution < -0.4 is 4.13 Å². The Hall–Kier alpha value is -1.06. The lowest BCUT2D eigenvalue weighted by Crippen LogP contribution is -2.53. The van der Waals surface area contributed by atoms with Crippen LogP contribution in [0.5, 0.6) is 0 Å². The second-order valence-electron chi connectivity index (χ2n) is 3.98. The predicted octanol–water partition coefficient (Wildman–Crippen LogP) is 2.73. The van der Waals surface area contributed by atoms with Gasteiger partial charge in [-0.1, -0.05) is 22.3 Å². The predicted molar refractivity (Wildman–Crippen MR) is 69.2 cm³/mol. The lowest BCUT2D eigenvalue weighted by Gasteiger charge is -2.25. The standard InChI is InChI=1S/C9H6F7NO4S3/c10-7(11,22-6-4-2-1-3-5-6)8(12,13)23(18,19)17-24(20,21)9(14,15)16/h1-5,17H. The van der Waals surface area contributed by atoms with E-state index in [1.54, 1.807) is 0 Å². The van der Waals surface area contributed by atoms with Gasteiger partial charge in [0.15, 0.2) is 0 Å². The Morgan fingerprint density at radius 3 is 1.67 bits per heavy atom. The Labute approximate surface area is 135 Å². The summed E-state index contributed by atoms with van der Waals surface area (Å²) in [6.07, 6.45) is 0. The SMILES string of the molecule is O=S(=O)(NS(=O)(=O)C(F)(F)C(F)(F)Sc1ccccc1)C(F)(F)F. The molecule has 1 rings (SSSR count). The molecule has 0 spiro atoms. The van der Waals surface area contributed by atoms with Gasteiger partial charge in [-0.2, -0.15) is 30.7 Å². The van der Waals surface area contributed by atoms with Crippen molar-refractivity contribution in [1.82, 2.24) is 4.13 Å². The Morgan fingerprint density at radius 1 is 0.792 bits per heavy atom. The van der Waals surface area contributed by atoms with Gasteiger partial charge in [-0.15, -0.1) is 0 Å². The van der Waals surface area contributed by atoms with Crippen molar-refractivity contribution in [3.8, 4) is 0 Å².